The fourth-order valence-electron chi connectivity index (χ4n) is 2.99. The van der Waals surface area contributed by atoms with Gasteiger partial charge in [-0.1, -0.05) is 29.3 Å². The average Bonchev–Trinajstić information content (AvgIpc) is 3.00. The molecule has 7 nitrogen and oxygen atoms in total. The molecule has 1 fully saturated rings. The first kappa shape index (κ1) is 21.5. The number of hydrogen-bond donors (Lipinski definition) is 2. The number of halogens is 1. The van der Waals surface area contributed by atoms with Crippen LogP contribution in [0.15, 0.2) is 36.0 Å². The minimum Gasteiger partial charge on any atom is -0.493 e. The highest BCUT2D eigenvalue weighted by molar-refractivity contribution is 6.32. The number of aryl methyl sites for hydroxylation is 2. The van der Waals surface area contributed by atoms with E-state index in [9.17, 15) is 9.59 Å². The molecule has 3 amide bonds. The quantitative estimate of drug-likeness (QED) is 0.375. The largest absolute Gasteiger partial charge is 0.493 e. The second-order valence-corrected chi connectivity index (χ2v) is 7.23. The van der Waals surface area contributed by atoms with E-state index >= 15 is 0 Å². The summed E-state index contributed by atoms with van der Waals surface area (Å²) in [6.45, 7) is 4.95. The number of hydrogen-bond acceptors (Lipinski definition) is 5. The van der Waals surface area contributed by atoms with Crippen LogP contribution in [0.3, 0.4) is 0 Å². The van der Waals surface area contributed by atoms with E-state index in [1.165, 1.54) is 18.7 Å². The van der Waals surface area contributed by atoms with Gasteiger partial charge in [0.15, 0.2) is 11.5 Å². The van der Waals surface area contributed by atoms with Gasteiger partial charge in [0, 0.05) is 6.42 Å². The van der Waals surface area contributed by atoms with Gasteiger partial charge in [-0.15, -0.1) is 0 Å². The van der Waals surface area contributed by atoms with Crippen LogP contribution in [-0.4, -0.2) is 32.3 Å². The maximum Gasteiger partial charge on any atom is 0.326 e. The third-order valence-corrected chi connectivity index (χ3v) is 4.69. The zero-order valence-electron chi connectivity index (χ0n) is 17.0. The molecular weight excluding hydrogens is 408 g/mol. The summed E-state index contributed by atoms with van der Waals surface area (Å²) in [5.74, 6) is 1.19. The molecule has 1 saturated heterocycles. The molecule has 3 rings (SSSR count). The molecule has 0 unspecified atom stereocenters. The Hall–Kier alpha value is -3.19. The number of carbonyl (C=O) groups excluding carboxylic acids is 2. The molecule has 0 spiro atoms. The Bertz CT molecular complexity index is 1000. The minimum absolute atomic E-state index is 0.135. The van der Waals surface area contributed by atoms with Gasteiger partial charge < -0.3 is 19.5 Å². The Morgan fingerprint density at radius 3 is 2.43 bits per heavy atom. The highest BCUT2D eigenvalue weighted by atomic mass is 35.5. The van der Waals surface area contributed by atoms with Crippen LogP contribution >= 0.6 is 11.6 Å². The summed E-state index contributed by atoms with van der Waals surface area (Å²) in [5.41, 5.74) is 3.02. The lowest BCUT2D eigenvalue weighted by molar-refractivity contribution is -0.115. The van der Waals surface area contributed by atoms with Crippen molar-refractivity contribution in [2.75, 3.05) is 20.3 Å². The molecule has 2 aromatic carbocycles. The Morgan fingerprint density at radius 2 is 1.77 bits per heavy atom. The van der Waals surface area contributed by atoms with Crippen molar-refractivity contribution in [1.82, 2.24) is 10.6 Å². The predicted molar refractivity (Wildman–Crippen MR) is 114 cm³/mol. The summed E-state index contributed by atoms with van der Waals surface area (Å²) in [5, 5.41) is 4.90. The predicted octanol–water partition coefficient (Wildman–Crippen LogP) is 3.99. The summed E-state index contributed by atoms with van der Waals surface area (Å²) >= 11 is 6.35. The standard InChI is InChI=1S/C22H23ClN2O5/c1-13-5-6-18(14(2)9-13)29-7-4-8-30-20-16(23)10-15(12-19(20)28-3)11-17-21(26)25-22(27)24-17/h5-6,9-12H,4,7-8H2,1-3H3,(H2,24,25,26,27). The summed E-state index contributed by atoms with van der Waals surface area (Å²) < 4.78 is 17.0. The third-order valence-electron chi connectivity index (χ3n) is 4.41. The van der Waals surface area contributed by atoms with Gasteiger partial charge in [-0.05, 0) is 49.2 Å². The molecule has 1 heterocycles. The maximum absolute atomic E-state index is 11.7. The maximum atomic E-state index is 11.7. The molecule has 1 aliphatic heterocycles. The van der Waals surface area contributed by atoms with Gasteiger partial charge in [0.25, 0.3) is 5.91 Å². The molecule has 1 aliphatic rings. The molecular formula is C22H23ClN2O5. The summed E-state index contributed by atoms with van der Waals surface area (Å²) in [4.78, 5) is 22.9. The average molecular weight is 431 g/mol. The third kappa shape index (κ3) is 5.24. The number of amides is 3. The van der Waals surface area contributed by atoms with Gasteiger partial charge in [0.05, 0.1) is 25.3 Å². The molecule has 158 valence electrons. The molecule has 0 bridgehead atoms. The van der Waals surface area contributed by atoms with Crippen LogP contribution in [0.1, 0.15) is 23.1 Å². The molecule has 0 atom stereocenters. The van der Waals surface area contributed by atoms with E-state index in [1.807, 2.05) is 26.0 Å². The van der Waals surface area contributed by atoms with E-state index in [0.717, 1.165) is 11.3 Å². The number of nitrogens with one attached hydrogen (secondary N) is 2. The minimum atomic E-state index is -0.563. The van der Waals surface area contributed by atoms with Crippen LogP contribution in [-0.2, 0) is 4.79 Å². The van der Waals surface area contributed by atoms with Gasteiger partial charge in [0.1, 0.15) is 11.4 Å². The fourth-order valence-corrected chi connectivity index (χ4v) is 3.26. The second-order valence-electron chi connectivity index (χ2n) is 6.82. The van der Waals surface area contributed by atoms with Crippen LogP contribution < -0.4 is 24.8 Å². The first-order chi connectivity index (χ1) is 14.4. The van der Waals surface area contributed by atoms with Gasteiger partial charge in [-0.2, -0.15) is 0 Å². The Morgan fingerprint density at radius 1 is 1.00 bits per heavy atom. The molecule has 8 heteroatoms. The van der Waals surface area contributed by atoms with Crippen molar-refractivity contribution in [2.45, 2.75) is 20.3 Å². The monoisotopic (exact) mass is 430 g/mol. The lowest BCUT2D eigenvalue weighted by Crippen LogP contribution is -2.22. The second kappa shape index (κ2) is 9.54. The van der Waals surface area contributed by atoms with E-state index in [4.69, 9.17) is 25.8 Å². The molecule has 0 saturated carbocycles. The number of urea groups is 1. The number of benzene rings is 2. The zero-order valence-corrected chi connectivity index (χ0v) is 17.8. The van der Waals surface area contributed by atoms with Gasteiger partial charge in [-0.25, -0.2) is 4.79 Å². The lowest BCUT2D eigenvalue weighted by Gasteiger charge is -2.14. The number of rotatable bonds is 8. The summed E-state index contributed by atoms with van der Waals surface area (Å²) in [6, 6.07) is 8.81. The Balaban J connectivity index is 1.60. The Labute approximate surface area is 180 Å². The van der Waals surface area contributed by atoms with Crippen molar-refractivity contribution in [3.63, 3.8) is 0 Å². The van der Waals surface area contributed by atoms with Crippen molar-refractivity contribution in [2.24, 2.45) is 0 Å². The van der Waals surface area contributed by atoms with E-state index in [2.05, 4.69) is 16.7 Å². The summed E-state index contributed by atoms with van der Waals surface area (Å²) in [7, 11) is 1.50. The number of methoxy groups -OCH3 is 1. The normalized spacial score (nSPS) is 14.5. The molecule has 30 heavy (non-hydrogen) atoms. The topological polar surface area (TPSA) is 85.9 Å². The number of imide groups is 1. The molecule has 0 aliphatic carbocycles. The van der Waals surface area contributed by atoms with Crippen LogP contribution in [0, 0.1) is 13.8 Å². The van der Waals surface area contributed by atoms with Crippen molar-refractivity contribution < 1.29 is 23.8 Å². The highest BCUT2D eigenvalue weighted by Gasteiger charge is 2.23. The van der Waals surface area contributed by atoms with E-state index in [1.54, 1.807) is 12.1 Å². The molecule has 2 aromatic rings. The fraction of sp³-hybridized carbons (Fsp3) is 0.273. The van der Waals surface area contributed by atoms with Crippen molar-refractivity contribution >= 4 is 29.6 Å². The highest BCUT2D eigenvalue weighted by Crippen LogP contribution is 2.37. The first-order valence-electron chi connectivity index (χ1n) is 9.42. The van der Waals surface area contributed by atoms with Crippen LogP contribution in [0.5, 0.6) is 17.2 Å². The van der Waals surface area contributed by atoms with E-state index < -0.39 is 11.9 Å². The first-order valence-corrected chi connectivity index (χ1v) is 9.79. The molecule has 2 N–H and O–H groups in total. The zero-order chi connectivity index (χ0) is 21.7. The van der Waals surface area contributed by atoms with Crippen LogP contribution in [0.4, 0.5) is 4.79 Å². The van der Waals surface area contributed by atoms with E-state index in [-0.39, 0.29) is 5.70 Å². The molecule has 0 radical (unpaired) electrons. The number of carbonyl (C=O) groups is 2. The summed E-state index contributed by atoms with van der Waals surface area (Å²) in [6.07, 6.45) is 2.17. The van der Waals surface area contributed by atoms with Crippen molar-refractivity contribution in [3.05, 3.63) is 57.7 Å². The van der Waals surface area contributed by atoms with Crippen LogP contribution in [0.2, 0.25) is 5.02 Å². The van der Waals surface area contributed by atoms with Crippen molar-refractivity contribution in [1.29, 1.82) is 0 Å². The molecule has 0 aromatic heterocycles. The van der Waals surface area contributed by atoms with E-state index in [0.29, 0.717) is 41.7 Å². The number of ether oxygens (including phenoxy) is 3. The van der Waals surface area contributed by atoms with Crippen LogP contribution in [0.25, 0.3) is 6.08 Å². The van der Waals surface area contributed by atoms with Gasteiger partial charge in [-0.3, -0.25) is 10.1 Å². The van der Waals surface area contributed by atoms with Gasteiger partial charge in [0.2, 0.25) is 0 Å². The Kier molecular flexibility index (Phi) is 6.84. The van der Waals surface area contributed by atoms with Crippen molar-refractivity contribution in [3.8, 4) is 17.2 Å². The lowest BCUT2D eigenvalue weighted by atomic mass is 10.1. The SMILES string of the molecule is COc1cc(C=C2NC(=O)NC2=O)cc(Cl)c1OCCCOc1ccc(C)cc1C. The van der Waals surface area contributed by atoms with Gasteiger partial charge >= 0.3 is 6.03 Å². The smallest absolute Gasteiger partial charge is 0.326 e.